The first kappa shape index (κ1) is 15.3. The van der Waals surface area contributed by atoms with Gasteiger partial charge in [-0.2, -0.15) is 4.31 Å². The molecule has 2 rings (SSSR count). The molecular formula is C14H22N2O3S. The van der Waals surface area contributed by atoms with Crippen molar-refractivity contribution >= 4 is 10.0 Å². The van der Waals surface area contributed by atoms with Crippen LogP contribution >= 0.6 is 0 Å². The Kier molecular flexibility index (Phi) is 4.67. The Morgan fingerprint density at radius 3 is 2.80 bits per heavy atom. The van der Waals surface area contributed by atoms with Crippen LogP contribution in [0.5, 0.6) is 5.75 Å². The molecule has 0 bridgehead atoms. The zero-order chi connectivity index (χ0) is 14.8. The normalized spacial score (nSPS) is 20.9. The molecule has 2 N–H and O–H groups in total. The Morgan fingerprint density at radius 1 is 1.45 bits per heavy atom. The van der Waals surface area contributed by atoms with Gasteiger partial charge in [-0.15, -0.1) is 0 Å². The Labute approximate surface area is 120 Å². The molecule has 0 aliphatic carbocycles. The third kappa shape index (κ3) is 2.97. The minimum atomic E-state index is -3.50. The van der Waals surface area contributed by atoms with Crippen molar-refractivity contribution in [3.63, 3.8) is 0 Å². The largest absolute Gasteiger partial charge is 0.495 e. The summed E-state index contributed by atoms with van der Waals surface area (Å²) in [7, 11) is -2.02. The van der Waals surface area contributed by atoms with Crippen LogP contribution in [-0.2, 0) is 16.6 Å². The van der Waals surface area contributed by atoms with Crippen LogP contribution < -0.4 is 10.5 Å². The highest BCUT2D eigenvalue weighted by molar-refractivity contribution is 7.89. The summed E-state index contributed by atoms with van der Waals surface area (Å²) in [5.74, 6) is 0.763. The van der Waals surface area contributed by atoms with Crippen molar-refractivity contribution < 1.29 is 13.2 Å². The van der Waals surface area contributed by atoms with E-state index in [0.717, 1.165) is 18.4 Å². The summed E-state index contributed by atoms with van der Waals surface area (Å²) in [4.78, 5) is 0.228. The van der Waals surface area contributed by atoms with E-state index >= 15 is 0 Å². The third-order valence-corrected chi connectivity index (χ3v) is 5.61. The van der Waals surface area contributed by atoms with Gasteiger partial charge in [0.1, 0.15) is 10.6 Å². The summed E-state index contributed by atoms with van der Waals surface area (Å²) in [5, 5.41) is 0. The van der Waals surface area contributed by atoms with Crippen LogP contribution in [0, 0.1) is 5.92 Å². The van der Waals surface area contributed by atoms with Gasteiger partial charge in [0.05, 0.1) is 7.11 Å². The second-order valence-corrected chi connectivity index (χ2v) is 7.21. The number of benzene rings is 1. The van der Waals surface area contributed by atoms with Crippen LogP contribution in [0.1, 0.15) is 25.3 Å². The lowest BCUT2D eigenvalue weighted by molar-refractivity contribution is 0.280. The zero-order valence-corrected chi connectivity index (χ0v) is 12.8. The van der Waals surface area contributed by atoms with E-state index in [9.17, 15) is 8.42 Å². The van der Waals surface area contributed by atoms with Crippen molar-refractivity contribution in [3.8, 4) is 5.75 Å². The van der Waals surface area contributed by atoms with Crippen molar-refractivity contribution in [1.82, 2.24) is 4.31 Å². The van der Waals surface area contributed by atoms with E-state index in [0.29, 0.717) is 31.3 Å². The van der Waals surface area contributed by atoms with E-state index in [4.69, 9.17) is 10.5 Å². The van der Waals surface area contributed by atoms with Crippen LogP contribution in [0.2, 0.25) is 0 Å². The molecule has 0 amide bonds. The molecule has 0 radical (unpaired) electrons. The van der Waals surface area contributed by atoms with Crippen LogP contribution in [0.25, 0.3) is 0 Å². The summed E-state index contributed by atoms with van der Waals surface area (Å²) in [5.41, 5.74) is 6.43. The number of rotatable bonds is 4. The Morgan fingerprint density at radius 2 is 2.20 bits per heavy atom. The molecule has 1 atom stereocenters. The van der Waals surface area contributed by atoms with Gasteiger partial charge < -0.3 is 10.5 Å². The van der Waals surface area contributed by atoms with E-state index in [1.165, 1.54) is 7.11 Å². The van der Waals surface area contributed by atoms with Gasteiger partial charge in [-0.3, -0.25) is 0 Å². The molecule has 1 heterocycles. The molecule has 1 aliphatic heterocycles. The van der Waals surface area contributed by atoms with Crippen molar-refractivity contribution in [3.05, 3.63) is 23.8 Å². The second-order valence-electron chi connectivity index (χ2n) is 5.30. The quantitative estimate of drug-likeness (QED) is 0.916. The second kappa shape index (κ2) is 6.11. The standard InChI is InChI=1S/C14H22N2O3S/c1-11-4-3-7-16(10-11)20(17,18)14-6-5-12(9-15)8-13(14)19-2/h5-6,8,11H,3-4,7,9-10,15H2,1-2H3. The minimum Gasteiger partial charge on any atom is -0.495 e. The SMILES string of the molecule is COc1cc(CN)ccc1S(=O)(=O)N1CCCC(C)C1. The fourth-order valence-corrected chi connectivity index (χ4v) is 4.29. The molecule has 1 unspecified atom stereocenters. The Hall–Kier alpha value is -1.11. The molecule has 1 aromatic rings. The highest BCUT2D eigenvalue weighted by atomic mass is 32.2. The number of hydrogen-bond acceptors (Lipinski definition) is 4. The maximum atomic E-state index is 12.7. The van der Waals surface area contributed by atoms with Crippen LogP contribution in [-0.4, -0.2) is 32.9 Å². The highest BCUT2D eigenvalue weighted by Gasteiger charge is 2.30. The molecule has 0 spiro atoms. The molecule has 0 saturated carbocycles. The molecule has 1 saturated heterocycles. The van der Waals surface area contributed by atoms with Gasteiger partial charge in [0.2, 0.25) is 10.0 Å². The molecule has 0 aromatic heterocycles. The van der Waals surface area contributed by atoms with Crippen LogP contribution in [0.15, 0.2) is 23.1 Å². The number of nitrogens with two attached hydrogens (primary N) is 1. The summed E-state index contributed by atoms with van der Waals surface area (Å²) in [6.07, 6.45) is 1.98. The summed E-state index contributed by atoms with van der Waals surface area (Å²) >= 11 is 0. The average molecular weight is 298 g/mol. The lowest BCUT2D eigenvalue weighted by atomic mass is 10.0. The van der Waals surface area contributed by atoms with Gasteiger partial charge in [-0.25, -0.2) is 8.42 Å². The lowest BCUT2D eigenvalue weighted by Gasteiger charge is -2.30. The van der Waals surface area contributed by atoms with Gasteiger partial charge in [-0.1, -0.05) is 13.0 Å². The Balaban J connectivity index is 2.38. The molecule has 1 fully saturated rings. The van der Waals surface area contributed by atoms with Gasteiger partial charge in [0.15, 0.2) is 0 Å². The van der Waals surface area contributed by atoms with Crippen molar-refractivity contribution in [2.45, 2.75) is 31.2 Å². The van der Waals surface area contributed by atoms with Gasteiger partial charge in [-0.05, 0) is 36.5 Å². The van der Waals surface area contributed by atoms with E-state index in [1.807, 2.05) is 0 Å². The summed E-state index contributed by atoms with van der Waals surface area (Å²) in [6, 6.07) is 5.03. The highest BCUT2D eigenvalue weighted by Crippen LogP contribution is 2.30. The zero-order valence-electron chi connectivity index (χ0n) is 12.0. The van der Waals surface area contributed by atoms with Gasteiger partial charge in [0, 0.05) is 19.6 Å². The minimum absolute atomic E-state index is 0.228. The number of nitrogens with zero attached hydrogens (tertiary/aromatic N) is 1. The molecule has 1 aliphatic rings. The number of piperidine rings is 1. The third-order valence-electron chi connectivity index (χ3n) is 3.70. The van der Waals surface area contributed by atoms with E-state index in [2.05, 4.69) is 6.92 Å². The first-order valence-electron chi connectivity index (χ1n) is 6.86. The van der Waals surface area contributed by atoms with E-state index in [-0.39, 0.29) is 4.90 Å². The summed E-state index contributed by atoms with van der Waals surface area (Å²) < 4.78 is 32.2. The predicted octanol–water partition coefficient (Wildman–Crippen LogP) is 1.57. The first-order valence-corrected chi connectivity index (χ1v) is 8.30. The van der Waals surface area contributed by atoms with E-state index < -0.39 is 10.0 Å². The molecule has 6 heteroatoms. The van der Waals surface area contributed by atoms with Crippen molar-refractivity contribution in [2.24, 2.45) is 11.7 Å². The lowest BCUT2D eigenvalue weighted by Crippen LogP contribution is -2.39. The van der Waals surface area contributed by atoms with Gasteiger partial charge in [0.25, 0.3) is 0 Å². The summed E-state index contributed by atoms with van der Waals surface area (Å²) in [6.45, 7) is 3.59. The fourth-order valence-electron chi connectivity index (χ4n) is 2.56. The van der Waals surface area contributed by atoms with E-state index in [1.54, 1.807) is 22.5 Å². The number of methoxy groups -OCH3 is 1. The Bertz CT molecular complexity index is 572. The molecule has 20 heavy (non-hydrogen) atoms. The molecule has 112 valence electrons. The number of hydrogen-bond donors (Lipinski definition) is 1. The van der Waals surface area contributed by atoms with Gasteiger partial charge >= 0.3 is 0 Å². The maximum Gasteiger partial charge on any atom is 0.246 e. The predicted molar refractivity (Wildman–Crippen MR) is 78.0 cm³/mol. The topological polar surface area (TPSA) is 72.6 Å². The van der Waals surface area contributed by atoms with Crippen LogP contribution in [0.4, 0.5) is 0 Å². The molecule has 5 nitrogen and oxygen atoms in total. The number of ether oxygens (including phenoxy) is 1. The van der Waals surface area contributed by atoms with Crippen molar-refractivity contribution in [1.29, 1.82) is 0 Å². The molecular weight excluding hydrogens is 276 g/mol. The monoisotopic (exact) mass is 298 g/mol. The maximum absolute atomic E-state index is 12.7. The smallest absolute Gasteiger partial charge is 0.246 e. The fraction of sp³-hybridized carbons (Fsp3) is 0.571. The molecule has 1 aromatic carbocycles. The van der Waals surface area contributed by atoms with Crippen LogP contribution in [0.3, 0.4) is 0 Å². The number of sulfonamides is 1. The first-order chi connectivity index (χ1) is 9.48. The van der Waals surface area contributed by atoms with Crippen molar-refractivity contribution in [2.75, 3.05) is 20.2 Å². The average Bonchev–Trinajstić information content (AvgIpc) is 2.46.